The zero-order chi connectivity index (χ0) is 14.5. The van der Waals surface area contributed by atoms with Gasteiger partial charge in [-0.3, -0.25) is 4.79 Å². The number of halogens is 2. The molecule has 1 aromatic carbocycles. The summed E-state index contributed by atoms with van der Waals surface area (Å²) in [7, 11) is 0. The Balaban J connectivity index is 1.80. The average molecular weight is 315 g/mol. The van der Waals surface area contributed by atoms with Crippen LogP contribution in [-0.4, -0.2) is 19.0 Å². The van der Waals surface area contributed by atoms with Crippen molar-refractivity contribution in [3.8, 4) is 0 Å². The molecule has 1 fully saturated rings. The molecule has 1 unspecified atom stereocenters. The number of nitrogens with one attached hydrogen (secondary N) is 2. The highest BCUT2D eigenvalue weighted by molar-refractivity contribution is 6.35. The Morgan fingerprint density at radius 2 is 2.10 bits per heavy atom. The molecule has 1 saturated carbocycles. The smallest absolute Gasteiger partial charge is 0.223 e. The molecular weight excluding hydrogens is 295 g/mol. The average Bonchev–Trinajstić information content (AvgIpc) is 3.24. The van der Waals surface area contributed by atoms with E-state index in [9.17, 15) is 4.79 Å². The number of amides is 1. The van der Waals surface area contributed by atoms with Gasteiger partial charge in [-0.15, -0.1) is 0 Å². The van der Waals surface area contributed by atoms with Gasteiger partial charge in [-0.05, 0) is 37.0 Å². The molecule has 0 bridgehead atoms. The highest BCUT2D eigenvalue weighted by atomic mass is 35.5. The fourth-order valence-electron chi connectivity index (χ4n) is 2.18. The van der Waals surface area contributed by atoms with Crippen molar-refractivity contribution < 1.29 is 4.79 Å². The summed E-state index contributed by atoms with van der Waals surface area (Å²) >= 11 is 12.1. The van der Waals surface area contributed by atoms with Gasteiger partial charge >= 0.3 is 0 Å². The summed E-state index contributed by atoms with van der Waals surface area (Å²) < 4.78 is 0. The van der Waals surface area contributed by atoms with E-state index in [2.05, 4.69) is 17.6 Å². The van der Waals surface area contributed by atoms with Crippen molar-refractivity contribution in [2.45, 2.75) is 32.2 Å². The largest absolute Gasteiger partial charge is 0.355 e. The lowest BCUT2D eigenvalue weighted by Gasteiger charge is -2.19. The Kier molecular flexibility index (Phi) is 5.70. The van der Waals surface area contributed by atoms with Gasteiger partial charge in [-0.1, -0.05) is 36.2 Å². The first-order valence-electron chi connectivity index (χ1n) is 7.08. The lowest BCUT2D eigenvalue weighted by Crippen LogP contribution is -2.34. The van der Waals surface area contributed by atoms with E-state index in [1.807, 2.05) is 12.1 Å². The third-order valence-corrected chi connectivity index (χ3v) is 4.07. The summed E-state index contributed by atoms with van der Waals surface area (Å²) in [6.07, 6.45) is 3.01. The van der Waals surface area contributed by atoms with Crippen molar-refractivity contribution in [3.05, 3.63) is 33.8 Å². The van der Waals surface area contributed by atoms with Crippen LogP contribution in [0.1, 0.15) is 37.8 Å². The number of hydrogen-bond donors (Lipinski definition) is 2. The highest BCUT2D eigenvalue weighted by Gasteiger charge is 2.29. The first-order chi connectivity index (χ1) is 9.61. The number of rotatable bonds is 7. The van der Waals surface area contributed by atoms with Crippen LogP contribution in [0.15, 0.2) is 18.2 Å². The Hall–Kier alpha value is -0.770. The normalized spacial score (nSPS) is 15.9. The maximum absolute atomic E-state index is 11.5. The third kappa shape index (κ3) is 4.37. The molecule has 0 heterocycles. The predicted molar refractivity (Wildman–Crippen MR) is 83.2 cm³/mol. The number of hydrogen-bond acceptors (Lipinski definition) is 2. The van der Waals surface area contributed by atoms with Gasteiger partial charge in [0, 0.05) is 35.1 Å². The molecule has 110 valence electrons. The molecule has 1 atom stereocenters. The Bertz CT molecular complexity index is 475. The zero-order valence-corrected chi connectivity index (χ0v) is 13.1. The quantitative estimate of drug-likeness (QED) is 0.755. The lowest BCUT2D eigenvalue weighted by atomic mass is 10.0. The van der Waals surface area contributed by atoms with Crippen molar-refractivity contribution in [1.29, 1.82) is 0 Å². The molecule has 1 aromatic rings. The van der Waals surface area contributed by atoms with E-state index >= 15 is 0 Å². The van der Waals surface area contributed by atoms with Gasteiger partial charge in [0.05, 0.1) is 0 Å². The fraction of sp³-hybridized carbons (Fsp3) is 0.533. The molecule has 2 N–H and O–H groups in total. The Morgan fingerprint density at radius 3 is 2.70 bits per heavy atom. The van der Waals surface area contributed by atoms with Crippen LogP contribution in [0.2, 0.25) is 10.0 Å². The van der Waals surface area contributed by atoms with E-state index in [0.29, 0.717) is 16.6 Å². The number of carbonyl (C=O) groups excluding carboxylic acids is 1. The summed E-state index contributed by atoms with van der Waals surface area (Å²) in [5.74, 6) is 0.451. The van der Waals surface area contributed by atoms with Crippen LogP contribution in [0.3, 0.4) is 0 Å². The second-order valence-corrected chi connectivity index (χ2v) is 5.99. The molecule has 0 spiro atoms. The second-order valence-electron chi connectivity index (χ2n) is 5.15. The Morgan fingerprint density at radius 1 is 1.35 bits per heavy atom. The topological polar surface area (TPSA) is 41.1 Å². The van der Waals surface area contributed by atoms with Gasteiger partial charge in [0.1, 0.15) is 0 Å². The van der Waals surface area contributed by atoms with E-state index in [-0.39, 0.29) is 17.9 Å². The van der Waals surface area contributed by atoms with Crippen molar-refractivity contribution >= 4 is 29.1 Å². The van der Waals surface area contributed by atoms with Crippen LogP contribution >= 0.6 is 23.2 Å². The minimum atomic E-state index is 0.178. The van der Waals surface area contributed by atoms with Crippen molar-refractivity contribution in [3.63, 3.8) is 0 Å². The highest BCUT2D eigenvalue weighted by Crippen LogP contribution is 2.29. The van der Waals surface area contributed by atoms with Gasteiger partial charge in [0.25, 0.3) is 0 Å². The summed E-state index contributed by atoms with van der Waals surface area (Å²) in [4.78, 5) is 11.5. The minimum Gasteiger partial charge on any atom is -0.355 e. The number of benzene rings is 1. The van der Waals surface area contributed by atoms with Crippen LogP contribution in [0.5, 0.6) is 0 Å². The third-order valence-electron chi connectivity index (χ3n) is 3.51. The molecular formula is C15H20Cl2N2O. The maximum atomic E-state index is 11.5. The molecule has 0 radical (unpaired) electrons. The summed E-state index contributed by atoms with van der Waals surface area (Å²) in [5, 5.41) is 7.69. The van der Waals surface area contributed by atoms with Crippen LogP contribution < -0.4 is 10.6 Å². The standard InChI is InChI=1S/C15H20Cl2N2O/c1-2-14(12-6-5-11(16)9-13(12)17)18-7-8-19-15(20)10-3-4-10/h5-6,9-10,14,18H,2-4,7-8H2,1H3,(H,19,20). The maximum Gasteiger partial charge on any atom is 0.223 e. The fourth-order valence-corrected chi connectivity index (χ4v) is 2.72. The summed E-state index contributed by atoms with van der Waals surface area (Å²) in [6.45, 7) is 3.48. The van der Waals surface area contributed by atoms with E-state index in [1.54, 1.807) is 6.07 Å². The molecule has 0 aromatic heterocycles. The van der Waals surface area contributed by atoms with Gasteiger partial charge in [-0.2, -0.15) is 0 Å². The first-order valence-corrected chi connectivity index (χ1v) is 7.83. The molecule has 2 rings (SSSR count). The van der Waals surface area contributed by atoms with Gasteiger partial charge < -0.3 is 10.6 Å². The molecule has 1 aliphatic carbocycles. The summed E-state index contributed by atoms with van der Waals surface area (Å²) in [6, 6.07) is 5.74. The van der Waals surface area contributed by atoms with E-state index in [0.717, 1.165) is 31.4 Å². The van der Waals surface area contributed by atoms with Crippen LogP contribution in [-0.2, 0) is 4.79 Å². The van der Waals surface area contributed by atoms with Crippen LogP contribution in [0, 0.1) is 5.92 Å². The first kappa shape index (κ1) is 15.6. The van der Waals surface area contributed by atoms with Gasteiger partial charge in [0.2, 0.25) is 5.91 Å². The summed E-state index contributed by atoms with van der Waals surface area (Å²) in [5.41, 5.74) is 1.05. The van der Waals surface area contributed by atoms with Gasteiger partial charge in [0.15, 0.2) is 0 Å². The second kappa shape index (κ2) is 7.30. The van der Waals surface area contributed by atoms with Crippen molar-refractivity contribution in [2.75, 3.05) is 13.1 Å². The predicted octanol–water partition coefficient (Wildman–Crippen LogP) is 3.56. The SMILES string of the molecule is CCC(NCCNC(=O)C1CC1)c1ccc(Cl)cc1Cl. The minimum absolute atomic E-state index is 0.178. The van der Waals surface area contributed by atoms with E-state index in [1.165, 1.54) is 0 Å². The van der Waals surface area contributed by atoms with Crippen molar-refractivity contribution in [2.24, 2.45) is 5.92 Å². The molecule has 1 aliphatic rings. The zero-order valence-electron chi connectivity index (χ0n) is 11.6. The van der Waals surface area contributed by atoms with Gasteiger partial charge in [-0.25, -0.2) is 0 Å². The van der Waals surface area contributed by atoms with Crippen LogP contribution in [0.25, 0.3) is 0 Å². The molecule has 1 amide bonds. The molecule has 3 nitrogen and oxygen atoms in total. The molecule has 0 aliphatic heterocycles. The monoisotopic (exact) mass is 314 g/mol. The molecule has 0 saturated heterocycles. The molecule has 5 heteroatoms. The van der Waals surface area contributed by atoms with E-state index in [4.69, 9.17) is 23.2 Å². The van der Waals surface area contributed by atoms with Crippen molar-refractivity contribution in [1.82, 2.24) is 10.6 Å². The van der Waals surface area contributed by atoms with Crippen LogP contribution in [0.4, 0.5) is 0 Å². The molecule has 20 heavy (non-hydrogen) atoms. The number of carbonyl (C=O) groups is 1. The Labute approximate surface area is 130 Å². The van der Waals surface area contributed by atoms with E-state index < -0.39 is 0 Å². The lowest BCUT2D eigenvalue weighted by molar-refractivity contribution is -0.122.